The molecule has 0 saturated heterocycles. The van der Waals surface area contributed by atoms with Crippen molar-refractivity contribution in [1.82, 2.24) is 19.9 Å². The van der Waals surface area contributed by atoms with E-state index in [-0.39, 0.29) is 0 Å². The lowest BCUT2D eigenvalue weighted by molar-refractivity contribution is 0.436. The highest BCUT2D eigenvalue weighted by molar-refractivity contribution is 5.97. The van der Waals surface area contributed by atoms with Gasteiger partial charge in [-0.2, -0.15) is 0 Å². The molecule has 456 valence electrons. The van der Waals surface area contributed by atoms with Gasteiger partial charge in [0.05, 0.1) is 33.6 Å². The summed E-state index contributed by atoms with van der Waals surface area (Å²) < 4.78 is 14.2. The van der Waals surface area contributed by atoms with E-state index in [9.17, 15) is 0 Å². The van der Waals surface area contributed by atoms with E-state index in [1.165, 1.54) is 49.9 Å². The van der Waals surface area contributed by atoms with Crippen LogP contribution in [0.25, 0.3) is 123 Å². The molecule has 2 spiro atoms. The lowest BCUT2D eigenvalue weighted by atomic mass is 9.65. The Morgan fingerprint density at radius 1 is 0.194 bits per heavy atom. The van der Waals surface area contributed by atoms with Gasteiger partial charge in [0.25, 0.3) is 0 Å². The maximum Gasteiger partial charge on any atom is 0.160 e. The predicted octanol–water partition coefficient (Wildman–Crippen LogP) is 22.7. The molecule has 16 aromatic rings. The molecular formula is C92H56N4O2. The van der Waals surface area contributed by atoms with Crippen LogP contribution in [-0.2, 0) is 10.8 Å². The van der Waals surface area contributed by atoms with E-state index in [1.807, 2.05) is 6.07 Å². The zero-order chi connectivity index (χ0) is 64.5. The number of aromatic nitrogens is 4. The number of hydrogen-bond donors (Lipinski definition) is 0. The molecule has 2 aromatic heterocycles. The monoisotopic (exact) mass is 1250 g/mol. The van der Waals surface area contributed by atoms with Crippen molar-refractivity contribution in [3.05, 3.63) is 384 Å². The first-order chi connectivity index (χ1) is 48.5. The van der Waals surface area contributed by atoms with Crippen molar-refractivity contribution in [2.45, 2.75) is 10.8 Å². The standard InChI is InChI=1S/C92H56N4O2/c1-4-24-58(25-5-1)80-55-82(63-44-43-57-23-10-11-30-61(57)51-63)95-89(93-80)64-46-50-87-79(54-64)92(74-39-18-14-33-69(74)70-34-15-19-40-75(70)92)77-52-62(45-48-85(77)98-87)66-35-22-36-71(88(66)60-28-8-3-9-29-60)83-56-81(59-26-6-2-7-27-59)94-90(96-83)65-47-49-86-78(53-65)91(76-41-20-21-42-84(76)97-86)72-37-16-12-31-67(72)68-32-13-17-38-73(68)91/h1-56H. The van der Waals surface area contributed by atoms with Crippen LogP contribution in [0.2, 0.25) is 0 Å². The van der Waals surface area contributed by atoms with Crippen molar-refractivity contribution in [3.63, 3.8) is 0 Å². The van der Waals surface area contributed by atoms with Crippen molar-refractivity contribution >= 4 is 10.8 Å². The van der Waals surface area contributed by atoms with Crippen molar-refractivity contribution in [1.29, 1.82) is 0 Å². The highest BCUT2D eigenvalue weighted by Crippen LogP contribution is 2.65. The van der Waals surface area contributed by atoms with Gasteiger partial charge in [-0.25, -0.2) is 19.9 Å². The van der Waals surface area contributed by atoms with E-state index in [0.717, 1.165) is 129 Å². The minimum atomic E-state index is -0.833. The SMILES string of the molecule is c1ccc(-c2cc(-c3ccc4ccccc4c3)nc(-c3ccc4c(c3)C3(c5cc(-c6cccc(-c7cc(-c8ccccc8)nc(-c8ccc9c(c8)C8(c%10ccccc%10O9)c9ccccc9-c9ccccc98)n7)c6-c6ccccc6)ccc5O4)c4ccccc4-c4ccccc43)n2)cc1. The van der Waals surface area contributed by atoms with Crippen molar-refractivity contribution < 1.29 is 9.47 Å². The average molecular weight is 1250 g/mol. The zero-order valence-corrected chi connectivity index (χ0v) is 52.9. The Bertz CT molecular complexity index is 5870. The molecule has 4 aliphatic rings. The Balaban J connectivity index is 0.780. The summed E-state index contributed by atoms with van der Waals surface area (Å²) in [5, 5.41) is 2.33. The molecule has 14 aromatic carbocycles. The maximum atomic E-state index is 7.27. The van der Waals surface area contributed by atoms with Crippen LogP contribution in [0, 0.1) is 0 Å². The Hall–Kier alpha value is -12.9. The first kappa shape index (κ1) is 55.5. The molecule has 2 aliphatic carbocycles. The number of fused-ring (bicyclic) bond motifs is 19. The second-order valence-electron chi connectivity index (χ2n) is 25.8. The highest BCUT2D eigenvalue weighted by Gasteiger charge is 2.53. The Labute approximate surface area is 567 Å². The fourth-order valence-corrected chi connectivity index (χ4v) is 16.4. The van der Waals surface area contributed by atoms with E-state index in [0.29, 0.717) is 11.6 Å². The van der Waals surface area contributed by atoms with Crippen LogP contribution >= 0.6 is 0 Å². The van der Waals surface area contributed by atoms with Crippen LogP contribution in [-0.4, -0.2) is 19.9 Å². The number of nitrogens with zero attached hydrogens (tertiary/aromatic N) is 4. The van der Waals surface area contributed by atoms with Crippen molar-refractivity contribution in [2.24, 2.45) is 0 Å². The fraction of sp³-hybridized carbons (Fsp3) is 0.0217. The molecule has 0 unspecified atom stereocenters. The van der Waals surface area contributed by atoms with Gasteiger partial charge in [-0.1, -0.05) is 267 Å². The van der Waals surface area contributed by atoms with Gasteiger partial charge in [0.1, 0.15) is 23.0 Å². The molecule has 0 fully saturated rings. The number of ether oxygens (including phenoxy) is 2. The Morgan fingerprint density at radius 3 is 1.08 bits per heavy atom. The summed E-state index contributed by atoms with van der Waals surface area (Å²) in [5.41, 5.74) is 25.5. The molecule has 0 atom stereocenters. The van der Waals surface area contributed by atoms with Crippen molar-refractivity contribution in [3.8, 4) is 135 Å². The second-order valence-corrected chi connectivity index (χ2v) is 25.8. The third kappa shape index (κ3) is 8.34. The average Bonchev–Trinajstić information content (AvgIpc) is 1.47. The van der Waals surface area contributed by atoms with Gasteiger partial charge < -0.3 is 9.47 Å². The van der Waals surface area contributed by atoms with Crippen LogP contribution in [0.15, 0.2) is 340 Å². The molecule has 0 bridgehead atoms. The van der Waals surface area contributed by atoms with Gasteiger partial charge >= 0.3 is 0 Å². The summed E-state index contributed by atoms with van der Waals surface area (Å²) in [6, 6.07) is 122. The topological polar surface area (TPSA) is 70.0 Å². The number of para-hydroxylation sites is 1. The minimum Gasteiger partial charge on any atom is -0.457 e. The first-order valence-corrected chi connectivity index (χ1v) is 33.4. The minimum absolute atomic E-state index is 0.605. The molecule has 20 rings (SSSR count). The highest BCUT2D eigenvalue weighted by atomic mass is 16.5. The zero-order valence-electron chi connectivity index (χ0n) is 52.9. The molecular weight excluding hydrogens is 1190 g/mol. The first-order valence-electron chi connectivity index (χ1n) is 33.4. The molecule has 0 radical (unpaired) electrons. The summed E-state index contributed by atoms with van der Waals surface area (Å²) in [6.07, 6.45) is 0. The summed E-state index contributed by atoms with van der Waals surface area (Å²) in [6.45, 7) is 0. The van der Waals surface area contributed by atoms with E-state index in [2.05, 4.69) is 334 Å². The fourth-order valence-electron chi connectivity index (χ4n) is 16.4. The van der Waals surface area contributed by atoms with E-state index < -0.39 is 10.8 Å². The molecule has 2 aliphatic heterocycles. The van der Waals surface area contributed by atoms with Gasteiger partial charge in [-0.05, 0) is 150 Å². The van der Waals surface area contributed by atoms with Crippen LogP contribution < -0.4 is 9.47 Å². The Morgan fingerprint density at radius 2 is 0.551 bits per heavy atom. The quantitative estimate of drug-likeness (QED) is 0.151. The summed E-state index contributed by atoms with van der Waals surface area (Å²) in [5.74, 6) is 4.45. The molecule has 0 N–H and O–H groups in total. The maximum absolute atomic E-state index is 7.27. The van der Waals surface area contributed by atoms with E-state index >= 15 is 0 Å². The lowest BCUT2D eigenvalue weighted by Crippen LogP contribution is -2.32. The van der Waals surface area contributed by atoms with E-state index in [1.54, 1.807) is 0 Å². The van der Waals surface area contributed by atoms with Crippen LogP contribution in [0.5, 0.6) is 23.0 Å². The van der Waals surface area contributed by atoms with Gasteiger partial charge in [-0.15, -0.1) is 0 Å². The summed E-state index contributed by atoms with van der Waals surface area (Å²) in [4.78, 5) is 22.1. The summed E-state index contributed by atoms with van der Waals surface area (Å²) >= 11 is 0. The van der Waals surface area contributed by atoms with Gasteiger partial charge in [0, 0.05) is 55.6 Å². The second kappa shape index (κ2) is 21.8. The Kier molecular flexibility index (Phi) is 12.4. The third-order valence-electron chi connectivity index (χ3n) is 20.7. The van der Waals surface area contributed by atoms with Gasteiger partial charge in [0.15, 0.2) is 11.6 Å². The molecule has 0 amide bonds. The molecule has 4 heterocycles. The smallest absolute Gasteiger partial charge is 0.160 e. The molecule has 6 nitrogen and oxygen atoms in total. The number of benzene rings is 14. The molecule has 98 heavy (non-hydrogen) atoms. The number of hydrogen-bond acceptors (Lipinski definition) is 6. The van der Waals surface area contributed by atoms with Crippen molar-refractivity contribution in [2.75, 3.05) is 0 Å². The predicted molar refractivity (Wildman–Crippen MR) is 393 cm³/mol. The van der Waals surface area contributed by atoms with Gasteiger partial charge in [0.2, 0.25) is 0 Å². The van der Waals surface area contributed by atoms with Crippen LogP contribution in [0.1, 0.15) is 44.5 Å². The number of rotatable bonds is 8. The normalized spacial score (nSPS) is 13.4. The molecule has 6 heteroatoms. The summed E-state index contributed by atoms with van der Waals surface area (Å²) in [7, 11) is 0. The van der Waals surface area contributed by atoms with Gasteiger partial charge in [-0.3, -0.25) is 0 Å². The van der Waals surface area contributed by atoms with Crippen LogP contribution in [0.3, 0.4) is 0 Å². The lowest BCUT2D eigenvalue weighted by Gasteiger charge is -2.40. The van der Waals surface area contributed by atoms with E-state index in [4.69, 9.17) is 29.4 Å². The third-order valence-corrected chi connectivity index (χ3v) is 20.7. The largest absolute Gasteiger partial charge is 0.457 e. The van der Waals surface area contributed by atoms with Crippen LogP contribution in [0.4, 0.5) is 0 Å². The molecule has 0 saturated carbocycles.